The van der Waals surface area contributed by atoms with Gasteiger partial charge in [-0.2, -0.15) is 0 Å². The third-order valence-corrected chi connectivity index (χ3v) is 5.24. The summed E-state index contributed by atoms with van der Waals surface area (Å²) in [5.41, 5.74) is 3.11. The molecule has 2 aromatic rings. The Hall–Kier alpha value is -2.21. The Balaban J connectivity index is 1.45. The molecule has 0 saturated carbocycles. The molecule has 25 heavy (non-hydrogen) atoms. The number of aryl methyl sites for hydroxylation is 1. The van der Waals surface area contributed by atoms with Gasteiger partial charge in [-0.1, -0.05) is 23.8 Å². The molecule has 132 valence electrons. The fourth-order valence-electron chi connectivity index (χ4n) is 3.87. The second-order valence-corrected chi connectivity index (χ2v) is 7.17. The molecule has 4 rings (SSSR count). The summed E-state index contributed by atoms with van der Waals surface area (Å²) in [5, 5.41) is 12.1. The van der Waals surface area contributed by atoms with Gasteiger partial charge in [-0.05, 0) is 50.4 Å². The summed E-state index contributed by atoms with van der Waals surface area (Å²) in [5.74, 6) is 0.109. The Labute approximate surface area is 148 Å². The molecular weight excluding hydrogens is 314 g/mol. The fraction of sp³-hybridized carbons (Fsp3) is 0.526. The van der Waals surface area contributed by atoms with Crippen molar-refractivity contribution in [3.8, 4) is 0 Å². The molecule has 1 aromatic heterocycles. The number of nitrogens with one attached hydrogen (secondary N) is 1. The Morgan fingerprint density at radius 3 is 3.00 bits per heavy atom. The summed E-state index contributed by atoms with van der Waals surface area (Å²) in [7, 11) is 0. The third kappa shape index (κ3) is 3.44. The number of hydrogen-bond donors (Lipinski definition) is 1. The minimum absolute atomic E-state index is 0.109. The number of aromatic nitrogens is 3. The number of nitrogens with zero attached hydrogens (tertiary/aromatic N) is 4. The highest BCUT2D eigenvalue weighted by molar-refractivity contribution is 5.98. The lowest BCUT2D eigenvalue weighted by Crippen LogP contribution is -2.35. The van der Waals surface area contributed by atoms with Crippen LogP contribution in [0.5, 0.6) is 0 Å². The average Bonchev–Trinajstić information content (AvgIpc) is 3.22. The van der Waals surface area contributed by atoms with Crippen molar-refractivity contribution in [1.82, 2.24) is 20.3 Å². The van der Waals surface area contributed by atoms with Gasteiger partial charge in [-0.3, -0.25) is 4.79 Å². The van der Waals surface area contributed by atoms with Crippen molar-refractivity contribution in [3.63, 3.8) is 0 Å². The van der Waals surface area contributed by atoms with Crippen molar-refractivity contribution in [2.24, 2.45) is 0 Å². The predicted octanol–water partition coefficient (Wildman–Crippen LogP) is 2.25. The van der Waals surface area contributed by atoms with Crippen LogP contribution in [0.4, 0.5) is 5.69 Å². The van der Waals surface area contributed by atoms with Crippen LogP contribution in [0.2, 0.25) is 0 Å². The van der Waals surface area contributed by atoms with Crippen molar-refractivity contribution in [2.75, 3.05) is 18.0 Å². The zero-order valence-electron chi connectivity index (χ0n) is 14.7. The fourth-order valence-corrected chi connectivity index (χ4v) is 3.87. The lowest BCUT2D eigenvalue weighted by atomic mass is 10.0. The van der Waals surface area contributed by atoms with Crippen LogP contribution >= 0.6 is 0 Å². The Morgan fingerprint density at radius 2 is 2.20 bits per heavy atom. The summed E-state index contributed by atoms with van der Waals surface area (Å²) in [6.45, 7) is 3.86. The first-order chi connectivity index (χ1) is 12.2. The van der Waals surface area contributed by atoms with Crippen LogP contribution in [-0.2, 0) is 11.2 Å². The van der Waals surface area contributed by atoms with Gasteiger partial charge in [-0.25, -0.2) is 4.68 Å². The van der Waals surface area contributed by atoms with E-state index in [2.05, 4.69) is 21.7 Å². The van der Waals surface area contributed by atoms with E-state index in [9.17, 15) is 4.79 Å². The van der Waals surface area contributed by atoms with Crippen LogP contribution in [0.25, 0.3) is 0 Å². The number of amides is 1. The zero-order valence-corrected chi connectivity index (χ0v) is 14.7. The van der Waals surface area contributed by atoms with E-state index in [1.54, 1.807) is 4.68 Å². The van der Waals surface area contributed by atoms with Crippen molar-refractivity contribution in [3.05, 3.63) is 41.7 Å². The molecule has 3 heterocycles. The summed E-state index contributed by atoms with van der Waals surface area (Å²) in [6.07, 6.45) is 7.35. The Morgan fingerprint density at radius 1 is 1.28 bits per heavy atom. The van der Waals surface area contributed by atoms with Gasteiger partial charge in [0.25, 0.3) is 5.91 Å². The highest BCUT2D eigenvalue weighted by Crippen LogP contribution is 2.28. The number of rotatable bonds is 4. The normalized spacial score (nSPS) is 24.0. The van der Waals surface area contributed by atoms with Crippen LogP contribution in [0, 0.1) is 6.92 Å². The van der Waals surface area contributed by atoms with Crippen LogP contribution in [-0.4, -0.2) is 40.0 Å². The predicted molar refractivity (Wildman–Crippen MR) is 96.6 cm³/mol. The number of carbonyl (C=O) groups excluding carboxylic acids is 1. The molecule has 2 atom stereocenters. The van der Waals surface area contributed by atoms with Gasteiger partial charge in [0.15, 0.2) is 0 Å². The topological polar surface area (TPSA) is 63.1 Å². The highest BCUT2D eigenvalue weighted by atomic mass is 16.2. The number of hydrogen-bond acceptors (Lipinski definition) is 4. The van der Waals surface area contributed by atoms with Gasteiger partial charge in [0.05, 0.1) is 5.69 Å². The largest absolute Gasteiger partial charge is 0.314 e. The molecule has 6 nitrogen and oxygen atoms in total. The Kier molecular flexibility index (Phi) is 4.53. The molecule has 1 amide bonds. The lowest BCUT2D eigenvalue weighted by molar-refractivity contribution is -0.120. The smallest absolute Gasteiger partial charge is 0.251 e. The van der Waals surface area contributed by atoms with Crippen LogP contribution < -0.4 is 10.2 Å². The van der Waals surface area contributed by atoms with E-state index < -0.39 is 0 Å². The molecule has 0 spiro atoms. The minimum atomic E-state index is -0.235. The van der Waals surface area contributed by atoms with Crippen molar-refractivity contribution >= 4 is 11.6 Å². The molecule has 6 heteroatoms. The number of benzene rings is 1. The summed E-state index contributed by atoms with van der Waals surface area (Å²) in [4.78, 5) is 14.7. The summed E-state index contributed by atoms with van der Waals surface area (Å²) >= 11 is 0. The maximum Gasteiger partial charge on any atom is 0.251 e. The van der Waals surface area contributed by atoms with E-state index in [4.69, 9.17) is 0 Å². The number of anilines is 1. The van der Waals surface area contributed by atoms with Gasteiger partial charge in [0.1, 0.15) is 6.04 Å². The lowest BCUT2D eigenvalue weighted by Gasteiger charge is -2.22. The van der Waals surface area contributed by atoms with Crippen molar-refractivity contribution < 1.29 is 4.79 Å². The summed E-state index contributed by atoms with van der Waals surface area (Å²) in [6, 6.07) is 8.35. The SMILES string of the molecule is Cc1cccc(N2CCC(n3cc(CC4CCCCN4)nn3)C2=O)c1. The highest BCUT2D eigenvalue weighted by Gasteiger charge is 2.34. The number of piperidine rings is 1. The van der Waals surface area contributed by atoms with Gasteiger partial charge in [-0.15, -0.1) is 5.10 Å². The molecule has 1 N–H and O–H groups in total. The van der Waals surface area contributed by atoms with Crippen LogP contribution in [0.3, 0.4) is 0 Å². The quantitative estimate of drug-likeness (QED) is 0.928. The monoisotopic (exact) mass is 339 g/mol. The van der Waals surface area contributed by atoms with Gasteiger partial charge < -0.3 is 10.2 Å². The summed E-state index contributed by atoms with van der Waals surface area (Å²) < 4.78 is 1.76. The molecule has 2 unspecified atom stereocenters. The van der Waals surface area contributed by atoms with E-state index in [1.165, 1.54) is 19.3 Å². The van der Waals surface area contributed by atoms with E-state index in [-0.39, 0.29) is 11.9 Å². The van der Waals surface area contributed by atoms with E-state index in [1.807, 2.05) is 36.2 Å². The zero-order chi connectivity index (χ0) is 17.2. The van der Waals surface area contributed by atoms with Gasteiger partial charge in [0, 0.05) is 30.9 Å². The van der Waals surface area contributed by atoms with Crippen LogP contribution in [0.15, 0.2) is 30.5 Å². The molecule has 2 fully saturated rings. The molecule has 1 aromatic carbocycles. The molecule has 2 aliphatic heterocycles. The van der Waals surface area contributed by atoms with Gasteiger partial charge >= 0.3 is 0 Å². The molecule has 0 bridgehead atoms. The van der Waals surface area contributed by atoms with Gasteiger partial charge in [0.2, 0.25) is 0 Å². The molecule has 2 aliphatic rings. The maximum absolute atomic E-state index is 12.8. The van der Waals surface area contributed by atoms with Crippen LogP contribution in [0.1, 0.15) is 43.0 Å². The molecule has 0 radical (unpaired) electrons. The van der Waals surface area contributed by atoms with E-state index >= 15 is 0 Å². The minimum Gasteiger partial charge on any atom is -0.314 e. The van der Waals surface area contributed by atoms with Crippen molar-refractivity contribution in [1.29, 1.82) is 0 Å². The maximum atomic E-state index is 12.8. The molecule has 0 aliphatic carbocycles. The third-order valence-electron chi connectivity index (χ3n) is 5.24. The Bertz CT molecular complexity index is 750. The average molecular weight is 339 g/mol. The second kappa shape index (κ2) is 6.96. The molecule has 2 saturated heterocycles. The van der Waals surface area contributed by atoms with Crippen molar-refractivity contribution in [2.45, 2.75) is 51.1 Å². The molecular formula is C19H25N5O. The first kappa shape index (κ1) is 16.3. The number of carbonyl (C=O) groups is 1. The standard InChI is InChI=1S/C19H25N5O/c1-14-5-4-7-17(11-14)23-10-8-18(19(23)25)24-13-16(21-22-24)12-15-6-2-3-9-20-15/h4-5,7,11,13,15,18,20H,2-3,6,8-10,12H2,1H3. The van der Waals surface area contributed by atoms with E-state index in [0.717, 1.165) is 42.9 Å². The second-order valence-electron chi connectivity index (χ2n) is 7.17. The van der Waals surface area contributed by atoms with E-state index in [0.29, 0.717) is 6.04 Å². The first-order valence-electron chi connectivity index (χ1n) is 9.23. The first-order valence-corrected chi connectivity index (χ1v) is 9.23.